The van der Waals surface area contributed by atoms with Crippen LogP contribution in [0.3, 0.4) is 0 Å². The van der Waals surface area contributed by atoms with E-state index >= 15 is 0 Å². The van der Waals surface area contributed by atoms with Gasteiger partial charge in [0, 0.05) is 19.5 Å². The highest BCUT2D eigenvalue weighted by Gasteiger charge is 2.38. The number of hydrogen-bond acceptors (Lipinski definition) is 3. The quantitative estimate of drug-likeness (QED) is 0.709. The zero-order chi connectivity index (χ0) is 15.1. The molecule has 0 aromatic rings. The van der Waals surface area contributed by atoms with Crippen molar-refractivity contribution in [1.29, 1.82) is 0 Å². The van der Waals surface area contributed by atoms with Gasteiger partial charge in [-0.1, -0.05) is 13.8 Å². The summed E-state index contributed by atoms with van der Waals surface area (Å²) in [5, 5.41) is 9.36. The fraction of sp³-hybridized carbons (Fsp3) is 0.857. The Morgan fingerprint density at radius 1 is 1.32 bits per heavy atom. The standard InChI is InChI=1S/C14H27NO3S/c1-6-14(7-2,13(17)18)10-12(16)15(4)11(3)8-9-19-5/h11H,6-10H2,1-5H3,(H,17,18). The predicted molar refractivity (Wildman–Crippen MR) is 80.5 cm³/mol. The number of carbonyl (C=O) groups is 2. The summed E-state index contributed by atoms with van der Waals surface area (Å²) in [6, 6.07) is 0.153. The Morgan fingerprint density at radius 2 is 1.84 bits per heavy atom. The van der Waals surface area contributed by atoms with E-state index in [0.717, 1.165) is 12.2 Å². The molecule has 0 rings (SSSR count). The minimum Gasteiger partial charge on any atom is -0.481 e. The fourth-order valence-corrected chi connectivity index (χ4v) is 2.60. The summed E-state index contributed by atoms with van der Waals surface area (Å²) in [6.07, 6.45) is 4.03. The molecule has 0 aliphatic rings. The third-order valence-corrected chi connectivity index (χ3v) is 4.74. The minimum absolute atomic E-state index is 0.0697. The van der Waals surface area contributed by atoms with Crippen LogP contribution in [-0.4, -0.2) is 47.0 Å². The summed E-state index contributed by atoms with van der Waals surface area (Å²) in [6.45, 7) is 5.68. The molecule has 0 fully saturated rings. The molecule has 0 aliphatic heterocycles. The van der Waals surface area contributed by atoms with Crippen molar-refractivity contribution in [3.05, 3.63) is 0 Å². The van der Waals surface area contributed by atoms with E-state index in [2.05, 4.69) is 0 Å². The second kappa shape index (κ2) is 8.46. The Balaban J connectivity index is 4.69. The lowest BCUT2D eigenvalue weighted by Crippen LogP contribution is -2.41. The van der Waals surface area contributed by atoms with Gasteiger partial charge in [-0.25, -0.2) is 0 Å². The van der Waals surface area contributed by atoms with Crippen molar-refractivity contribution in [3.63, 3.8) is 0 Å². The van der Waals surface area contributed by atoms with Crippen LogP contribution in [0.2, 0.25) is 0 Å². The maximum Gasteiger partial charge on any atom is 0.310 e. The molecule has 0 radical (unpaired) electrons. The normalized spacial score (nSPS) is 13.1. The molecule has 0 heterocycles. The molecule has 0 spiro atoms. The van der Waals surface area contributed by atoms with Crippen LogP contribution < -0.4 is 0 Å². The lowest BCUT2D eigenvalue weighted by Gasteiger charge is -2.31. The molecular formula is C14H27NO3S. The van der Waals surface area contributed by atoms with Crippen LogP contribution in [-0.2, 0) is 9.59 Å². The SMILES string of the molecule is CCC(CC)(CC(=O)N(C)C(C)CCSC)C(=O)O. The highest BCUT2D eigenvalue weighted by molar-refractivity contribution is 7.98. The van der Waals surface area contributed by atoms with Crippen LogP contribution in [0.4, 0.5) is 0 Å². The molecule has 112 valence electrons. The van der Waals surface area contributed by atoms with Crippen LogP contribution in [0.1, 0.15) is 46.5 Å². The number of nitrogens with zero attached hydrogens (tertiary/aromatic N) is 1. The fourth-order valence-electron chi connectivity index (χ4n) is 2.02. The van der Waals surface area contributed by atoms with Gasteiger partial charge in [0.05, 0.1) is 5.41 Å². The van der Waals surface area contributed by atoms with E-state index in [1.54, 1.807) is 23.7 Å². The first-order valence-electron chi connectivity index (χ1n) is 6.82. The van der Waals surface area contributed by atoms with Crippen LogP contribution in [0.15, 0.2) is 0 Å². The van der Waals surface area contributed by atoms with E-state index in [4.69, 9.17) is 0 Å². The van der Waals surface area contributed by atoms with Crippen LogP contribution in [0, 0.1) is 5.41 Å². The molecule has 0 saturated heterocycles. The lowest BCUT2D eigenvalue weighted by atomic mass is 9.79. The first-order valence-corrected chi connectivity index (χ1v) is 8.22. The van der Waals surface area contributed by atoms with Gasteiger partial charge in [0.25, 0.3) is 0 Å². The summed E-state index contributed by atoms with van der Waals surface area (Å²) >= 11 is 1.75. The molecule has 4 nitrogen and oxygen atoms in total. The van der Waals surface area contributed by atoms with Crippen LogP contribution >= 0.6 is 11.8 Å². The van der Waals surface area contributed by atoms with Gasteiger partial charge in [-0.15, -0.1) is 0 Å². The number of hydrogen-bond donors (Lipinski definition) is 1. The average molecular weight is 289 g/mol. The van der Waals surface area contributed by atoms with Crippen molar-refractivity contribution >= 4 is 23.6 Å². The largest absolute Gasteiger partial charge is 0.481 e. The molecule has 5 heteroatoms. The van der Waals surface area contributed by atoms with Gasteiger partial charge in [0.1, 0.15) is 0 Å². The smallest absolute Gasteiger partial charge is 0.310 e. The maximum absolute atomic E-state index is 12.2. The highest BCUT2D eigenvalue weighted by Crippen LogP contribution is 2.32. The van der Waals surface area contributed by atoms with E-state index in [9.17, 15) is 14.7 Å². The number of carbonyl (C=O) groups excluding carboxylic acids is 1. The van der Waals surface area contributed by atoms with Gasteiger partial charge in [-0.2, -0.15) is 11.8 Å². The minimum atomic E-state index is -0.912. The first kappa shape index (κ1) is 18.3. The number of carboxylic acid groups (broad SMARTS) is 1. The van der Waals surface area contributed by atoms with E-state index in [-0.39, 0.29) is 18.4 Å². The van der Waals surface area contributed by atoms with E-state index in [1.807, 2.05) is 27.0 Å². The zero-order valence-electron chi connectivity index (χ0n) is 12.7. The van der Waals surface area contributed by atoms with E-state index < -0.39 is 11.4 Å². The van der Waals surface area contributed by atoms with Crippen molar-refractivity contribution in [1.82, 2.24) is 4.90 Å². The van der Waals surface area contributed by atoms with E-state index in [0.29, 0.717) is 12.8 Å². The van der Waals surface area contributed by atoms with E-state index in [1.165, 1.54) is 0 Å². The van der Waals surface area contributed by atoms with Crippen LogP contribution in [0.5, 0.6) is 0 Å². The molecule has 1 N–H and O–H groups in total. The number of thioether (sulfide) groups is 1. The van der Waals surface area contributed by atoms with Crippen molar-refractivity contribution < 1.29 is 14.7 Å². The van der Waals surface area contributed by atoms with Gasteiger partial charge in [0.2, 0.25) is 5.91 Å². The molecule has 1 atom stereocenters. The molecule has 0 aromatic carbocycles. The van der Waals surface area contributed by atoms with Crippen molar-refractivity contribution in [2.24, 2.45) is 5.41 Å². The molecule has 0 aliphatic carbocycles. The summed E-state index contributed by atoms with van der Waals surface area (Å²) in [7, 11) is 1.77. The van der Waals surface area contributed by atoms with Gasteiger partial charge in [-0.05, 0) is 38.2 Å². The Morgan fingerprint density at radius 3 is 2.21 bits per heavy atom. The Hall–Kier alpha value is -0.710. The Kier molecular flexibility index (Phi) is 8.14. The molecule has 0 aromatic heterocycles. The topological polar surface area (TPSA) is 57.6 Å². The number of carboxylic acids is 1. The van der Waals surface area contributed by atoms with Gasteiger partial charge in [0.15, 0.2) is 0 Å². The first-order chi connectivity index (χ1) is 8.84. The summed E-state index contributed by atoms with van der Waals surface area (Å²) in [4.78, 5) is 25.3. The summed E-state index contributed by atoms with van der Waals surface area (Å²) in [5.74, 6) is 0.0699. The molecular weight excluding hydrogens is 262 g/mol. The molecule has 0 bridgehead atoms. The molecule has 1 amide bonds. The lowest BCUT2D eigenvalue weighted by molar-refractivity contribution is -0.154. The number of amides is 1. The predicted octanol–water partition coefficient (Wildman–Crippen LogP) is 2.87. The number of rotatable bonds is 9. The van der Waals surface area contributed by atoms with Gasteiger partial charge in [-0.3, -0.25) is 9.59 Å². The average Bonchev–Trinajstić information content (AvgIpc) is 2.40. The molecule has 0 saturated carbocycles. The maximum atomic E-state index is 12.2. The van der Waals surface area contributed by atoms with Crippen molar-refractivity contribution in [2.45, 2.75) is 52.5 Å². The summed E-state index contributed by atoms with van der Waals surface area (Å²) in [5.41, 5.74) is -0.912. The molecule has 19 heavy (non-hydrogen) atoms. The van der Waals surface area contributed by atoms with Gasteiger partial charge >= 0.3 is 5.97 Å². The van der Waals surface area contributed by atoms with Gasteiger partial charge < -0.3 is 10.0 Å². The second-order valence-electron chi connectivity index (χ2n) is 5.10. The third-order valence-electron chi connectivity index (χ3n) is 4.09. The molecule has 1 unspecified atom stereocenters. The highest BCUT2D eigenvalue weighted by atomic mass is 32.2. The van der Waals surface area contributed by atoms with Crippen molar-refractivity contribution in [2.75, 3.05) is 19.1 Å². The van der Waals surface area contributed by atoms with Crippen molar-refractivity contribution in [3.8, 4) is 0 Å². The number of aliphatic carboxylic acids is 1. The Bertz CT molecular complexity index is 303. The second-order valence-corrected chi connectivity index (χ2v) is 6.09. The zero-order valence-corrected chi connectivity index (χ0v) is 13.5. The third kappa shape index (κ3) is 5.05. The summed E-state index contributed by atoms with van der Waals surface area (Å²) < 4.78 is 0. The van der Waals surface area contributed by atoms with Crippen LogP contribution in [0.25, 0.3) is 0 Å². The Labute approximate surface area is 120 Å². The monoisotopic (exact) mass is 289 g/mol.